The Morgan fingerprint density at radius 3 is 2.87 bits per heavy atom. The minimum atomic E-state index is -0.233. The van der Waals surface area contributed by atoms with E-state index in [0.29, 0.717) is 10.9 Å². The molecule has 0 saturated carbocycles. The summed E-state index contributed by atoms with van der Waals surface area (Å²) in [6.07, 6.45) is 0. The molecular formula is C10H9ClN2O2. The van der Waals surface area contributed by atoms with Gasteiger partial charge in [-0.25, -0.2) is 0 Å². The summed E-state index contributed by atoms with van der Waals surface area (Å²) in [7, 11) is 0. The number of aliphatic hydroxyl groups excluding tert-OH is 1. The van der Waals surface area contributed by atoms with Crippen molar-refractivity contribution in [1.82, 2.24) is 10.1 Å². The van der Waals surface area contributed by atoms with Crippen molar-refractivity contribution < 1.29 is 9.63 Å². The molecule has 2 rings (SSSR count). The Labute approximate surface area is 91.5 Å². The number of halogens is 1. The van der Waals surface area contributed by atoms with Crippen LogP contribution < -0.4 is 0 Å². The van der Waals surface area contributed by atoms with Gasteiger partial charge in [-0.05, 0) is 24.6 Å². The van der Waals surface area contributed by atoms with E-state index >= 15 is 0 Å². The largest absolute Gasteiger partial charge is 0.388 e. The van der Waals surface area contributed by atoms with E-state index in [1.54, 1.807) is 6.07 Å². The highest BCUT2D eigenvalue weighted by atomic mass is 35.5. The fraction of sp³-hybridized carbons (Fsp3) is 0.200. The van der Waals surface area contributed by atoms with Gasteiger partial charge >= 0.3 is 0 Å². The summed E-state index contributed by atoms with van der Waals surface area (Å²) in [5, 5.41) is 13.0. The van der Waals surface area contributed by atoms with E-state index in [1.807, 2.05) is 19.1 Å². The lowest BCUT2D eigenvalue weighted by molar-refractivity contribution is 0.264. The van der Waals surface area contributed by atoms with Crippen molar-refractivity contribution in [2.45, 2.75) is 13.5 Å². The topological polar surface area (TPSA) is 59.2 Å². The molecule has 1 heterocycles. The maximum atomic E-state index is 8.79. The molecule has 4 nitrogen and oxygen atoms in total. The van der Waals surface area contributed by atoms with Gasteiger partial charge in [-0.15, -0.1) is 0 Å². The van der Waals surface area contributed by atoms with Gasteiger partial charge in [-0.2, -0.15) is 4.98 Å². The first-order valence-corrected chi connectivity index (χ1v) is 4.78. The number of aliphatic hydroxyl groups is 1. The second-order valence-corrected chi connectivity index (χ2v) is 3.55. The number of hydrogen-bond acceptors (Lipinski definition) is 4. The fourth-order valence-electron chi connectivity index (χ4n) is 1.16. The highest BCUT2D eigenvalue weighted by Gasteiger charge is 2.08. The van der Waals surface area contributed by atoms with Crippen LogP contribution in [0.1, 0.15) is 11.4 Å². The molecule has 0 aliphatic heterocycles. The molecule has 0 radical (unpaired) electrons. The van der Waals surface area contributed by atoms with Gasteiger partial charge in [0.2, 0.25) is 0 Å². The number of benzene rings is 1. The van der Waals surface area contributed by atoms with Crippen molar-refractivity contribution >= 4 is 11.6 Å². The first kappa shape index (κ1) is 10.1. The van der Waals surface area contributed by atoms with E-state index in [1.165, 1.54) is 0 Å². The van der Waals surface area contributed by atoms with E-state index in [2.05, 4.69) is 10.1 Å². The molecule has 1 N–H and O–H groups in total. The van der Waals surface area contributed by atoms with E-state index in [9.17, 15) is 0 Å². The Hall–Kier alpha value is -1.39. The molecule has 0 fully saturated rings. The second kappa shape index (κ2) is 4.00. The molecule has 0 unspecified atom stereocenters. The van der Waals surface area contributed by atoms with Gasteiger partial charge < -0.3 is 9.63 Å². The van der Waals surface area contributed by atoms with E-state index in [-0.39, 0.29) is 12.4 Å². The van der Waals surface area contributed by atoms with Crippen LogP contribution >= 0.6 is 11.6 Å². The summed E-state index contributed by atoms with van der Waals surface area (Å²) in [4.78, 5) is 3.98. The van der Waals surface area contributed by atoms with Crippen molar-refractivity contribution in [3.8, 4) is 11.5 Å². The quantitative estimate of drug-likeness (QED) is 0.850. The van der Waals surface area contributed by atoms with Gasteiger partial charge in [-0.3, -0.25) is 0 Å². The van der Waals surface area contributed by atoms with Crippen LogP contribution in [0.4, 0.5) is 0 Å². The van der Waals surface area contributed by atoms with Crippen LogP contribution in [0.25, 0.3) is 11.5 Å². The number of aromatic nitrogens is 2. The Kier molecular flexibility index (Phi) is 2.70. The molecule has 0 spiro atoms. The minimum absolute atomic E-state index is 0.233. The number of nitrogens with zero attached hydrogens (tertiary/aromatic N) is 2. The molecule has 5 heteroatoms. The van der Waals surface area contributed by atoms with Gasteiger partial charge in [0.25, 0.3) is 5.89 Å². The summed E-state index contributed by atoms with van der Waals surface area (Å²) >= 11 is 5.97. The molecule has 0 atom stereocenters. The van der Waals surface area contributed by atoms with Gasteiger partial charge in [0.15, 0.2) is 5.82 Å². The zero-order chi connectivity index (χ0) is 10.8. The van der Waals surface area contributed by atoms with Crippen LogP contribution in [0.3, 0.4) is 0 Å². The predicted molar refractivity (Wildman–Crippen MR) is 55.4 cm³/mol. The van der Waals surface area contributed by atoms with Crippen molar-refractivity contribution in [1.29, 1.82) is 0 Å². The fourth-order valence-corrected chi connectivity index (χ4v) is 1.34. The maximum absolute atomic E-state index is 8.79. The molecule has 0 amide bonds. The van der Waals surface area contributed by atoms with Crippen LogP contribution in [0.5, 0.6) is 0 Å². The number of rotatable bonds is 2. The number of hydrogen-bond donors (Lipinski definition) is 1. The van der Waals surface area contributed by atoms with Crippen molar-refractivity contribution in [2.24, 2.45) is 0 Å². The zero-order valence-electron chi connectivity index (χ0n) is 8.07. The lowest BCUT2D eigenvalue weighted by atomic mass is 10.1. The monoisotopic (exact) mass is 224 g/mol. The maximum Gasteiger partial charge on any atom is 0.258 e. The van der Waals surface area contributed by atoms with E-state index in [4.69, 9.17) is 21.2 Å². The lowest BCUT2D eigenvalue weighted by Crippen LogP contribution is -1.85. The summed E-state index contributed by atoms with van der Waals surface area (Å²) in [6.45, 7) is 1.68. The van der Waals surface area contributed by atoms with Crippen LogP contribution in [-0.2, 0) is 6.61 Å². The highest BCUT2D eigenvalue weighted by molar-refractivity contribution is 6.31. The molecule has 1 aromatic heterocycles. The van der Waals surface area contributed by atoms with Crippen LogP contribution in [0, 0.1) is 6.92 Å². The molecule has 78 valence electrons. The summed E-state index contributed by atoms with van der Waals surface area (Å²) < 4.78 is 4.96. The Morgan fingerprint density at radius 2 is 2.27 bits per heavy atom. The summed E-state index contributed by atoms with van der Waals surface area (Å²) in [5.41, 5.74) is 1.74. The summed E-state index contributed by atoms with van der Waals surface area (Å²) in [5.74, 6) is 0.627. The minimum Gasteiger partial charge on any atom is -0.388 e. The van der Waals surface area contributed by atoms with Gasteiger partial charge in [-0.1, -0.05) is 22.8 Å². The second-order valence-electron chi connectivity index (χ2n) is 3.14. The first-order chi connectivity index (χ1) is 7.20. The SMILES string of the molecule is Cc1ccc(-c2nc(CO)no2)cc1Cl. The number of aryl methyl sites for hydroxylation is 1. The average molecular weight is 225 g/mol. The zero-order valence-corrected chi connectivity index (χ0v) is 8.82. The van der Waals surface area contributed by atoms with Crippen LogP contribution in [0.2, 0.25) is 5.02 Å². The standard InChI is InChI=1S/C10H9ClN2O2/c1-6-2-3-7(4-8(6)11)10-12-9(5-14)13-15-10/h2-4,14H,5H2,1H3. The normalized spacial score (nSPS) is 10.6. The molecular weight excluding hydrogens is 216 g/mol. The third-order valence-corrected chi connectivity index (χ3v) is 2.44. The smallest absolute Gasteiger partial charge is 0.258 e. The van der Waals surface area contributed by atoms with Gasteiger partial charge in [0, 0.05) is 10.6 Å². The van der Waals surface area contributed by atoms with Crippen molar-refractivity contribution in [3.05, 3.63) is 34.6 Å². The van der Waals surface area contributed by atoms with Crippen LogP contribution in [0.15, 0.2) is 22.7 Å². The Balaban J connectivity index is 2.40. The summed E-state index contributed by atoms with van der Waals surface area (Å²) in [6, 6.07) is 5.47. The van der Waals surface area contributed by atoms with Gasteiger partial charge in [0.1, 0.15) is 6.61 Å². The molecule has 1 aromatic carbocycles. The molecule has 0 aliphatic carbocycles. The Bertz CT molecular complexity index is 482. The van der Waals surface area contributed by atoms with Crippen LogP contribution in [-0.4, -0.2) is 15.2 Å². The van der Waals surface area contributed by atoms with Crippen molar-refractivity contribution in [3.63, 3.8) is 0 Å². The molecule has 0 bridgehead atoms. The molecule has 2 aromatic rings. The third kappa shape index (κ3) is 2.00. The van der Waals surface area contributed by atoms with Crippen molar-refractivity contribution in [2.75, 3.05) is 0 Å². The van der Waals surface area contributed by atoms with E-state index in [0.717, 1.165) is 11.1 Å². The Morgan fingerprint density at radius 1 is 1.47 bits per heavy atom. The molecule has 0 aliphatic rings. The lowest BCUT2D eigenvalue weighted by Gasteiger charge is -1.98. The first-order valence-electron chi connectivity index (χ1n) is 4.40. The molecule has 0 saturated heterocycles. The predicted octanol–water partition coefficient (Wildman–Crippen LogP) is 2.19. The molecule has 15 heavy (non-hydrogen) atoms. The highest BCUT2D eigenvalue weighted by Crippen LogP contribution is 2.23. The van der Waals surface area contributed by atoms with E-state index < -0.39 is 0 Å². The third-order valence-electron chi connectivity index (χ3n) is 2.03. The van der Waals surface area contributed by atoms with Gasteiger partial charge in [0.05, 0.1) is 0 Å². The average Bonchev–Trinajstić information content (AvgIpc) is 2.70.